The van der Waals surface area contributed by atoms with Crippen molar-refractivity contribution < 1.29 is 0 Å². The first-order valence-corrected chi connectivity index (χ1v) is 2.99. The van der Waals surface area contributed by atoms with Crippen LogP contribution in [0.5, 0.6) is 0 Å². The Kier molecular flexibility index (Phi) is 1.72. The fraction of sp³-hybridized carbons (Fsp3) is 0.500. The van der Waals surface area contributed by atoms with Crippen molar-refractivity contribution in [2.24, 2.45) is 5.10 Å². The minimum atomic E-state index is 0.819. The van der Waals surface area contributed by atoms with Crippen LogP contribution >= 0.6 is 0 Å². The molecule has 0 atom stereocenters. The average molecular weight is 125 g/mol. The molecular weight excluding hydrogens is 114 g/mol. The van der Waals surface area contributed by atoms with Crippen LogP contribution in [0.3, 0.4) is 0 Å². The van der Waals surface area contributed by atoms with Crippen molar-refractivity contribution in [3.63, 3.8) is 0 Å². The molecule has 0 bridgehead atoms. The van der Waals surface area contributed by atoms with Gasteiger partial charge >= 0.3 is 0 Å². The number of hydrogen-bond acceptors (Lipinski definition) is 3. The van der Waals surface area contributed by atoms with E-state index in [1.165, 1.54) is 0 Å². The van der Waals surface area contributed by atoms with Gasteiger partial charge in [0.25, 0.3) is 0 Å². The van der Waals surface area contributed by atoms with Crippen molar-refractivity contribution in [2.75, 3.05) is 13.7 Å². The first-order valence-electron chi connectivity index (χ1n) is 2.99. The fourth-order valence-electron chi connectivity index (χ4n) is 0.702. The molecule has 0 aromatic heterocycles. The second-order valence-corrected chi connectivity index (χ2v) is 1.98. The van der Waals surface area contributed by atoms with Gasteiger partial charge in [-0.05, 0) is 13.0 Å². The molecule has 0 amide bonds. The Hall–Kier alpha value is -0.990. The molecule has 0 saturated heterocycles. The highest BCUT2D eigenvalue weighted by Crippen LogP contribution is 1.93. The molecule has 0 fully saturated rings. The van der Waals surface area contributed by atoms with E-state index in [1.54, 1.807) is 0 Å². The van der Waals surface area contributed by atoms with Crippen LogP contribution in [0.2, 0.25) is 0 Å². The number of hydrogen-bond donors (Lipinski definition) is 1. The number of hydrazone groups is 1. The predicted molar refractivity (Wildman–Crippen MR) is 38.0 cm³/mol. The molecule has 0 radical (unpaired) electrons. The summed E-state index contributed by atoms with van der Waals surface area (Å²) >= 11 is 0. The SMILES string of the molecule is CC=CC1=NNCN1C. The standard InChI is InChI=1S/C6H11N3/c1-3-4-6-8-7-5-9(6)2/h3-4,7H,5H2,1-2H3. The van der Waals surface area contributed by atoms with E-state index in [0.717, 1.165) is 12.5 Å². The smallest absolute Gasteiger partial charge is 0.149 e. The van der Waals surface area contributed by atoms with Gasteiger partial charge in [-0.2, -0.15) is 5.10 Å². The molecule has 0 unspecified atom stereocenters. The van der Waals surface area contributed by atoms with E-state index in [2.05, 4.69) is 10.5 Å². The third-order valence-corrected chi connectivity index (χ3v) is 1.21. The van der Waals surface area contributed by atoms with Gasteiger partial charge in [0, 0.05) is 7.05 Å². The lowest BCUT2D eigenvalue weighted by atomic mass is 10.4. The Morgan fingerprint density at radius 1 is 1.78 bits per heavy atom. The fourth-order valence-corrected chi connectivity index (χ4v) is 0.702. The van der Waals surface area contributed by atoms with Gasteiger partial charge in [-0.15, -0.1) is 0 Å². The molecule has 0 spiro atoms. The van der Waals surface area contributed by atoms with E-state index in [0.29, 0.717) is 0 Å². The summed E-state index contributed by atoms with van der Waals surface area (Å²) in [5.41, 5.74) is 2.87. The van der Waals surface area contributed by atoms with Crippen LogP contribution < -0.4 is 5.43 Å². The minimum Gasteiger partial charge on any atom is -0.339 e. The molecule has 50 valence electrons. The zero-order valence-electron chi connectivity index (χ0n) is 5.76. The summed E-state index contributed by atoms with van der Waals surface area (Å²) in [6.07, 6.45) is 3.95. The molecule has 9 heavy (non-hydrogen) atoms. The Balaban J connectivity index is 2.57. The lowest BCUT2D eigenvalue weighted by molar-refractivity contribution is 0.507. The highest BCUT2D eigenvalue weighted by Gasteiger charge is 2.06. The van der Waals surface area contributed by atoms with Crippen LogP contribution in [0, 0.1) is 0 Å². The predicted octanol–water partition coefficient (Wildman–Crippen LogP) is 0.369. The molecule has 1 heterocycles. The van der Waals surface area contributed by atoms with E-state index < -0.39 is 0 Å². The van der Waals surface area contributed by atoms with Gasteiger partial charge in [0.05, 0.1) is 0 Å². The maximum absolute atomic E-state index is 4.01. The van der Waals surface area contributed by atoms with Crippen molar-refractivity contribution >= 4 is 5.84 Å². The summed E-state index contributed by atoms with van der Waals surface area (Å²) in [7, 11) is 2.00. The highest BCUT2D eigenvalue weighted by molar-refractivity contribution is 5.93. The van der Waals surface area contributed by atoms with Crippen molar-refractivity contribution in [3.8, 4) is 0 Å². The van der Waals surface area contributed by atoms with Crippen LogP contribution in [0.25, 0.3) is 0 Å². The molecule has 1 aliphatic rings. The van der Waals surface area contributed by atoms with Crippen LogP contribution in [-0.4, -0.2) is 24.5 Å². The minimum absolute atomic E-state index is 0.819. The monoisotopic (exact) mass is 125 g/mol. The van der Waals surface area contributed by atoms with Gasteiger partial charge in [0.15, 0.2) is 0 Å². The van der Waals surface area contributed by atoms with Crippen molar-refractivity contribution in [1.82, 2.24) is 10.3 Å². The maximum Gasteiger partial charge on any atom is 0.149 e. The summed E-state index contributed by atoms with van der Waals surface area (Å²) in [6.45, 7) is 2.80. The Bertz CT molecular complexity index is 148. The van der Waals surface area contributed by atoms with Crippen molar-refractivity contribution in [3.05, 3.63) is 12.2 Å². The van der Waals surface area contributed by atoms with Gasteiger partial charge in [-0.1, -0.05) is 6.08 Å². The first-order chi connectivity index (χ1) is 4.34. The summed E-state index contributed by atoms with van der Waals surface area (Å²) in [5.74, 6) is 0.998. The number of rotatable bonds is 1. The normalized spacial score (nSPS) is 18.4. The molecule has 0 aromatic carbocycles. The third kappa shape index (κ3) is 1.22. The van der Waals surface area contributed by atoms with E-state index in [-0.39, 0.29) is 0 Å². The summed E-state index contributed by atoms with van der Waals surface area (Å²) in [5, 5.41) is 4.01. The Morgan fingerprint density at radius 2 is 2.56 bits per heavy atom. The molecule has 3 nitrogen and oxygen atoms in total. The third-order valence-electron chi connectivity index (χ3n) is 1.21. The van der Waals surface area contributed by atoms with E-state index in [4.69, 9.17) is 0 Å². The number of allylic oxidation sites excluding steroid dienone is 1. The van der Waals surface area contributed by atoms with Crippen molar-refractivity contribution in [1.29, 1.82) is 0 Å². The van der Waals surface area contributed by atoms with Crippen LogP contribution in [0.1, 0.15) is 6.92 Å². The second kappa shape index (κ2) is 2.53. The second-order valence-electron chi connectivity index (χ2n) is 1.98. The summed E-state index contributed by atoms with van der Waals surface area (Å²) < 4.78 is 0. The topological polar surface area (TPSA) is 27.6 Å². The zero-order valence-corrected chi connectivity index (χ0v) is 5.76. The number of nitrogens with zero attached hydrogens (tertiary/aromatic N) is 2. The summed E-state index contributed by atoms with van der Waals surface area (Å²) in [6, 6.07) is 0. The molecule has 0 aromatic rings. The highest BCUT2D eigenvalue weighted by atomic mass is 15.5. The molecule has 0 aliphatic carbocycles. The molecule has 3 heteroatoms. The number of amidine groups is 1. The molecule has 1 aliphatic heterocycles. The quantitative estimate of drug-likeness (QED) is 0.548. The molecule has 1 rings (SSSR count). The molecular formula is C6H11N3. The van der Waals surface area contributed by atoms with Gasteiger partial charge in [-0.25, -0.2) is 0 Å². The maximum atomic E-state index is 4.01. The van der Waals surface area contributed by atoms with E-state index >= 15 is 0 Å². The van der Waals surface area contributed by atoms with Gasteiger partial charge in [0.1, 0.15) is 12.5 Å². The average Bonchev–Trinajstić information content (AvgIpc) is 2.18. The molecule has 0 saturated carbocycles. The Morgan fingerprint density at radius 3 is 3.00 bits per heavy atom. The Labute approximate surface area is 55.0 Å². The number of nitrogens with one attached hydrogen (secondary N) is 1. The van der Waals surface area contributed by atoms with Crippen LogP contribution in [-0.2, 0) is 0 Å². The van der Waals surface area contributed by atoms with Gasteiger partial charge in [0.2, 0.25) is 0 Å². The lowest BCUT2D eigenvalue weighted by Crippen LogP contribution is -2.22. The van der Waals surface area contributed by atoms with Crippen LogP contribution in [0.15, 0.2) is 17.3 Å². The van der Waals surface area contributed by atoms with Gasteiger partial charge in [-0.3, -0.25) is 5.43 Å². The van der Waals surface area contributed by atoms with Crippen molar-refractivity contribution in [2.45, 2.75) is 6.92 Å². The number of likely N-dealkylation sites (N-methyl/N-ethyl adjacent to an activating group) is 1. The molecule has 1 N–H and O–H groups in total. The zero-order chi connectivity index (χ0) is 6.69. The van der Waals surface area contributed by atoms with Crippen LogP contribution in [0.4, 0.5) is 0 Å². The summed E-state index contributed by atoms with van der Waals surface area (Å²) in [4.78, 5) is 2.04. The largest absolute Gasteiger partial charge is 0.339 e. The first kappa shape index (κ1) is 6.13. The van der Waals surface area contributed by atoms with E-state index in [9.17, 15) is 0 Å². The lowest BCUT2D eigenvalue weighted by Gasteiger charge is -2.06. The van der Waals surface area contributed by atoms with Gasteiger partial charge < -0.3 is 4.90 Å². The van der Waals surface area contributed by atoms with E-state index in [1.807, 2.05) is 31.0 Å².